The van der Waals surface area contributed by atoms with Gasteiger partial charge < -0.3 is 9.64 Å². The van der Waals surface area contributed by atoms with Crippen LogP contribution in [0.5, 0.6) is 5.75 Å². The molecule has 0 bridgehead atoms. The molecule has 1 saturated heterocycles. The van der Waals surface area contributed by atoms with E-state index in [2.05, 4.69) is 23.2 Å². The number of ether oxygens (including phenoxy) is 1. The van der Waals surface area contributed by atoms with E-state index < -0.39 is 0 Å². The third-order valence-corrected chi connectivity index (χ3v) is 4.73. The minimum atomic E-state index is -0.304. The van der Waals surface area contributed by atoms with E-state index in [4.69, 9.17) is 4.74 Å². The summed E-state index contributed by atoms with van der Waals surface area (Å²) in [7, 11) is 0. The summed E-state index contributed by atoms with van der Waals surface area (Å²) in [5, 5.41) is 6.94. The molecular weight excluding hydrogens is 345 g/mol. The van der Waals surface area contributed by atoms with E-state index in [0.717, 1.165) is 17.7 Å². The summed E-state index contributed by atoms with van der Waals surface area (Å²) in [5.74, 6) is 0.471. The van der Waals surface area contributed by atoms with Crippen LogP contribution in [0.3, 0.4) is 0 Å². The maximum Gasteiger partial charge on any atom is 0.272 e. The Morgan fingerprint density at radius 1 is 1.22 bits per heavy atom. The number of H-pyrrole nitrogens is 1. The van der Waals surface area contributed by atoms with Crippen molar-refractivity contribution in [1.82, 2.24) is 15.1 Å². The number of amides is 1. The Labute approximate surface area is 156 Å². The molecule has 0 aliphatic carbocycles. The van der Waals surface area contributed by atoms with Gasteiger partial charge in [-0.15, -0.1) is 0 Å². The number of hydrogen-bond acceptors (Lipinski definition) is 3. The smallest absolute Gasteiger partial charge is 0.272 e. The Bertz CT molecular complexity index is 946. The third-order valence-electron chi connectivity index (χ3n) is 4.73. The Morgan fingerprint density at radius 3 is 2.70 bits per heavy atom. The molecule has 0 spiro atoms. The first-order valence-electron chi connectivity index (χ1n) is 8.99. The quantitative estimate of drug-likeness (QED) is 0.750. The molecule has 5 nitrogen and oxygen atoms in total. The second kappa shape index (κ2) is 7.23. The Kier molecular flexibility index (Phi) is 4.62. The largest absolute Gasteiger partial charge is 0.486 e. The van der Waals surface area contributed by atoms with Crippen LogP contribution in [0, 0.1) is 5.82 Å². The van der Waals surface area contributed by atoms with E-state index in [0.29, 0.717) is 24.5 Å². The zero-order valence-corrected chi connectivity index (χ0v) is 15.0. The summed E-state index contributed by atoms with van der Waals surface area (Å²) >= 11 is 0. The van der Waals surface area contributed by atoms with E-state index in [1.165, 1.54) is 17.7 Å². The number of aromatic amines is 1. The molecule has 0 atom stereocenters. The Balaban J connectivity index is 1.37. The molecule has 0 unspecified atom stereocenters. The van der Waals surface area contributed by atoms with Crippen LogP contribution in [-0.2, 0) is 6.42 Å². The van der Waals surface area contributed by atoms with Crippen molar-refractivity contribution in [3.8, 4) is 17.0 Å². The molecule has 27 heavy (non-hydrogen) atoms. The minimum Gasteiger partial charge on any atom is -0.486 e. The predicted octanol–water partition coefficient (Wildman–Crippen LogP) is 3.68. The highest BCUT2D eigenvalue weighted by atomic mass is 19.1. The van der Waals surface area contributed by atoms with Crippen molar-refractivity contribution in [2.75, 3.05) is 13.1 Å². The zero-order valence-electron chi connectivity index (χ0n) is 15.0. The first kappa shape index (κ1) is 17.3. The topological polar surface area (TPSA) is 58.2 Å². The summed E-state index contributed by atoms with van der Waals surface area (Å²) in [6.07, 6.45) is 0.910. The third kappa shape index (κ3) is 3.56. The molecule has 1 N–H and O–H groups in total. The number of rotatable bonds is 5. The first-order chi connectivity index (χ1) is 13.1. The van der Waals surface area contributed by atoms with Crippen LogP contribution in [0.1, 0.15) is 23.0 Å². The highest BCUT2D eigenvalue weighted by Gasteiger charge is 2.34. The van der Waals surface area contributed by atoms with Crippen molar-refractivity contribution in [3.05, 3.63) is 71.7 Å². The number of nitrogens with zero attached hydrogens (tertiary/aromatic N) is 2. The van der Waals surface area contributed by atoms with Gasteiger partial charge in [0.1, 0.15) is 23.4 Å². The SMILES string of the molecule is CCc1ccccc1OC1CN(C(=O)c2cc(-c3ccc(F)cc3)n[nH]2)C1. The predicted molar refractivity (Wildman–Crippen MR) is 100 cm³/mol. The Morgan fingerprint density at radius 2 is 1.96 bits per heavy atom. The van der Waals surface area contributed by atoms with E-state index >= 15 is 0 Å². The van der Waals surface area contributed by atoms with Gasteiger partial charge in [-0.2, -0.15) is 5.10 Å². The fraction of sp³-hybridized carbons (Fsp3) is 0.238. The molecule has 1 fully saturated rings. The van der Waals surface area contributed by atoms with Crippen LogP contribution in [0.15, 0.2) is 54.6 Å². The number of halogens is 1. The fourth-order valence-corrected chi connectivity index (χ4v) is 3.14. The second-order valence-corrected chi connectivity index (χ2v) is 6.59. The molecular formula is C21H20FN3O2. The van der Waals surface area contributed by atoms with Crippen LogP contribution in [-0.4, -0.2) is 40.2 Å². The van der Waals surface area contributed by atoms with Crippen molar-refractivity contribution in [2.24, 2.45) is 0 Å². The van der Waals surface area contributed by atoms with Gasteiger partial charge in [0.2, 0.25) is 0 Å². The molecule has 3 aromatic rings. The maximum atomic E-state index is 13.0. The molecule has 1 aliphatic heterocycles. The highest BCUT2D eigenvalue weighted by molar-refractivity contribution is 5.94. The summed E-state index contributed by atoms with van der Waals surface area (Å²) in [4.78, 5) is 14.3. The highest BCUT2D eigenvalue weighted by Crippen LogP contribution is 2.24. The molecule has 4 rings (SSSR count). The Hall–Kier alpha value is -3.15. The van der Waals surface area contributed by atoms with Crippen molar-refractivity contribution < 1.29 is 13.9 Å². The number of carbonyl (C=O) groups is 1. The van der Waals surface area contributed by atoms with Gasteiger partial charge in [-0.25, -0.2) is 4.39 Å². The molecule has 0 saturated carbocycles. The fourth-order valence-electron chi connectivity index (χ4n) is 3.14. The number of carbonyl (C=O) groups excluding carboxylic acids is 1. The molecule has 6 heteroatoms. The van der Waals surface area contributed by atoms with Gasteiger partial charge >= 0.3 is 0 Å². The molecule has 1 aromatic heterocycles. The van der Waals surface area contributed by atoms with Crippen molar-refractivity contribution in [2.45, 2.75) is 19.4 Å². The summed E-state index contributed by atoms with van der Waals surface area (Å²) in [5.41, 5.74) is 2.96. The number of nitrogens with one attached hydrogen (secondary N) is 1. The van der Waals surface area contributed by atoms with Gasteiger partial charge in [-0.3, -0.25) is 9.89 Å². The van der Waals surface area contributed by atoms with Crippen LogP contribution >= 0.6 is 0 Å². The lowest BCUT2D eigenvalue weighted by Crippen LogP contribution is -2.56. The van der Waals surface area contributed by atoms with Gasteiger partial charge in [0, 0.05) is 5.56 Å². The lowest BCUT2D eigenvalue weighted by atomic mass is 10.1. The van der Waals surface area contributed by atoms with E-state index in [1.54, 1.807) is 23.1 Å². The van der Waals surface area contributed by atoms with Gasteiger partial charge in [-0.05, 0) is 48.4 Å². The number of likely N-dealkylation sites (tertiary alicyclic amines) is 1. The molecule has 0 radical (unpaired) electrons. The summed E-state index contributed by atoms with van der Waals surface area (Å²) in [6.45, 7) is 3.18. The van der Waals surface area contributed by atoms with Crippen LogP contribution < -0.4 is 4.74 Å². The lowest BCUT2D eigenvalue weighted by Gasteiger charge is -2.39. The lowest BCUT2D eigenvalue weighted by molar-refractivity contribution is 0.0170. The van der Waals surface area contributed by atoms with Crippen LogP contribution in [0.4, 0.5) is 4.39 Å². The van der Waals surface area contributed by atoms with Crippen LogP contribution in [0.25, 0.3) is 11.3 Å². The monoisotopic (exact) mass is 365 g/mol. The zero-order chi connectivity index (χ0) is 18.8. The first-order valence-corrected chi connectivity index (χ1v) is 8.99. The van der Waals surface area contributed by atoms with Gasteiger partial charge in [0.15, 0.2) is 0 Å². The number of aryl methyl sites for hydroxylation is 1. The molecule has 1 aliphatic rings. The summed E-state index contributed by atoms with van der Waals surface area (Å²) in [6, 6.07) is 15.7. The second-order valence-electron chi connectivity index (χ2n) is 6.59. The van der Waals surface area contributed by atoms with Gasteiger partial charge in [-0.1, -0.05) is 25.1 Å². The van der Waals surface area contributed by atoms with Crippen molar-refractivity contribution >= 4 is 5.91 Å². The van der Waals surface area contributed by atoms with E-state index in [-0.39, 0.29) is 17.8 Å². The van der Waals surface area contributed by atoms with E-state index in [9.17, 15) is 9.18 Å². The normalized spacial score (nSPS) is 14.1. The van der Waals surface area contributed by atoms with Gasteiger partial charge in [0.05, 0.1) is 18.8 Å². The number of aromatic nitrogens is 2. The van der Waals surface area contributed by atoms with Gasteiger partial charge in [0.25, 0.3) is 5.91 Å². The standard InChI is InChI=1S/C21H20FN3O2/c1-2-14-5-3-4-6-20(14)27-17-12-25(13-17)21(26)19-11-18(23-24-19)15-7-9-16(22)10-8-15/h3-11,17H,2,12-13H2,1H3,(H,23,24). The van der Waals surface area contributed by atoms with Crippen LogP contribution in [0.2, 0.25) is 0 Å². The average Bonchev–Trinajstić information content (AvgIpc) is 3.15. The minimum absolute atomic E-state index is 0.00106. The average molecular weight is 365 g/mol. The molecule has 2 aromatic carbocycles. The maximum absolute atomic E-state index is 13.0. The number of para-hydroxylation sites is 1. The van der Waals surface area contributed by atoms with E-state index in [1.807, 2.05) is 18.2 Å². The van der Waals surface area contributed by atoms with Crippen molar-refractivity contribution in [1.29, 1.82) is 0 Å². The van der Waals surface area contributed by atoms with Crippen molar-refractivity contribution in [3.63, 3.8) is 0 Å². The molecule has 138 valence electrons. The summed E-state index contributed by atoms with van der Waals surface area (Å²) < 4.78 is 19.1. The number of benzene rings is 2. The molecule has 1 amide bonds. The molecule has 2 heterocycles. The number of hydrogen-bond donors (Lipinski definition) is 1.